The van der Waals surface area contributed by atoms with E-state index in [0.29, 0.717) is 23.0 Å². The van der Waals surface area contributed by atoms with Gasteiger partial charge in [0.15, 0.2) is 0 Å². The van der Waals surface area contributed by atoms with Gasteiger partial charge < -0.3 is 10.1 Å². The Morgan fingerprint density at radius 1 is 0.935 bits per heavy atom. The minimum atomic E-state index is -4.00. The first-order valence-electron chi connectivity index (χ1n) is 9.93. The fourth-order valence-corrected chi connectivity index (χ4v) is 4.59. The average Bonchev–Trinajstić information content (AvgIpc) is 2.78. The molecule has 31 heavy (non-hydrogen) atoms. The highest BCUT2D eigenvalue weighted by Crippen LogP contribution is 2.32. The zero-order chi connectivity index (χ0) is 22.4. The van der Waals surface area contributed by atoms with E-state index in [2.05, 4.69) is 19.2 Å². The number of methoxy groups -OCH3 is 1. The quantitative estimate of drug-likeness (QED) is 0.555. The summed E-state index contributed by atoms with van der Waals surface area (Å²) in [5.74, 6) is 0.278. The third kappa shape index (κ3) is 5.24. The van der Waals surface area contributed by atoms with E-state index in [-0.39, 0.29) is 4.90 Å². The van der Waals surface area contributed by atoms with Crippen LogP contribution in [0.4, 0.5) is 11.4 Å². The molecule has 3 aromatic rings. The summed E-state index contributed by atoms with van der Waals surface area (Å²) in [4.78, 5) is 12.9. The van der Waals surface area contributed by atoms with Crippen LogP contribution in [0.15, 0.2) is 83.8 Å². The van der Waals surface area contributed by atoms with E-state index in [9.17, 15) is 13.2 Å². The van der Waals surface area contributed by atoms with Crippen LogP contribution in [0.25, 0.3) is 0 Å². The number of nitrogens with one attached hydrogen (secondary N) is 1. The number of anilines is 2. The van der Waals surface area contributed by atoms with Crippen LogP contribution in [-0.2, 0) is 14.8 Å². The van der Waals surface area contributed by atoms with Crippen LogP contribution in [0.2, 0.25) is 0 Å². The van der Waals surface area contributed by atoms with Gasteiger partial charge in [-0.05, 0) is 47.9 Å². The molecule has 3 aromatic carbocycles. The van der Waals surface area contributed by atoms with Crippen molar-refractivity contribution < 1.29 is 17.9 Å². The van der Waals surface area contributed by atoms with E-state index in [1.165, 1.54) is 19.2 Å². The molecule has 7 heteroatoms. The highest BCUT2D eigenvalue weighted by Gasteiger charge is 2.29. The molecule has 0 saturated carbocycles. The number of sulfonamides is 1. The number of amides is 1. The molecule has 0 spiro atoms. The summed E-state index contributed by atoms with van der Waals surface area (Å²) in [5.41, 5.74) is 2.05. The van der Waals surface area contributed by atoms with Crippen molar-refractivity contribution in [3.63, 3.8) is 0 Å². The molecule has 0 aromatic heterocycles. The Morgan fingerprint density at radius 3 is 2.16 bits per heavy atom. The standard InChI is InChI=1S/C24H26N2O4S/c1-18(2)19-13-15-20(16-14-19)25-24(27)17-26(22-11-7-8-12-23(22)30-3)31(28,29)21-9-5-4-6-10-21/h4-16,18H,17H2,1-3H3,(H,25,27). The molecule has 0 saturated heterocycles. The van der Waals surface area contributed by atoms with Gasteiger partial charge in [0.25, 0.3) is 10.0 Å². The number of carbonyl (C=O) groups excluding carboxylic acids is 1. The van der Waals surface area contributed by atoms with E-state index in [0.717, 1.165) is 9.87 Å². The zero-order valence-corrected chi connectivity index (χ0v) is 18.6. The fourth-order valence-electron chi connectivity index (χ4n) is 3.14. The number of para-hydroxylation sites is 2. The van der Waals surface area contributed by atoms with Crippen molar-refractivity contribution in [3.05, 3.63) is 84.4 Å². The summed E-state index contributed by atoms with van der Waals surface area (Å²) in [6, 6.07) is 22.2. The molecule has 0 fully saturated rings. The number of rotatable bonds is 8. The lowest BCUT2D eigenvalue weighted by molar-refractivity contribution is -0.114. The smallest absolute Gasteiger partial charge is 0.264 e. The van der Waals surface area contributed by atoms with Crippen molar-refractivity contribution in [3.8, 4) is 5.75 Å². The van der Waals surface area contributed by atoms with Crippen LogP contribution in [0, 0.1) is 0 Å². The Labute approximate surface area is 183 Å². The number of benzene rings is 3. The summed E-state index contributed by atoms with van der Waals surface area (Å²) < 4.78 is 33.2. The largest absolute Gasteiger partial charge is 0.495 e. The Kier molecular flexibility index (Phi) is 6.97. The van der Waals surface area contributed by atoms with Gasteiger partial charge in [-0.3, -0.25) is 9.10 Å². The Hall–Kier alpha value is -3.32. The predicted octanol–water partition coefficient (Wildman–Crippen LogP) is 4.65. The Bertz CT molecular complexity index is 1130. The lowest BCUT2D eigenvalue weighted by atomic mass is 10.0. The number of nitrogens with zero attached hydrogens (tertiary/aromatic N) is 1. The molecule has 0 aliphatic carbocycles. The van der Waals surface area contributed by atoms with Gasteiger partial charge in [-0.2, -0.15) is 0 Å². The van der Waals surface area contributed by atoms with Crippen molar-refractivity contribution in [2.75, 3.05) is 23.3 Å². The number of carbonyl (C=O) groups is 1. The number of hydrogen-bond acceptors (Lipinski definition) is 4. The second kappa shape index (κ2) is 9.66. The lowest BCUT2D eigenvalue weighted by Crippen LogP contribution is -2.38. The number of hydrogen-bond donors (Lipinski definition) is 1. The first-order valence-corrected chi connectivity index (χ1v) is 11.4. The van der Waals surface area contributed by atoms with E-state index < -0.39 is 22.5 Å². The molecule has 0 bridgehead atoms. The first kappa shape index (κ1) is 22.4. The molecule has 3 rings (SSSR count). The predicted molar refractivity (Wildman–Crippen MR) is 123 cm³/mol. The van der Waals surface area contributed by atoms with Gasteiger partial charge >= 0.3 is 0 Å². The summed E-state index contributed by atoms with van der Waals surface area (Å²) >= 11 is 0. The van der Waals surface area contributed by atoms with Crippen molar-refractivity contribution in [2.45, 2.75) is 24.7 Å². The second-order valence-corrected chi connectivity index (χ2v) is 9.18. The van der Waals surface area contributed by atoms with Gasteiger partial charge in [-0.25, -0.2) is 8.42 Å². The molecule has 162 valence electrons. The summed E-state index contributed by atoms with van der Waals surface area (Å²) in [5, 5.41) is 2.78. The molecule has 0 radical (unpaired) electrons. The lowest BCUT2D eigenvalue weighted by Gasteiger charge is -2.25. The molecule has 0 aliphatic rings. The highest BCUT2D eigenvalue weighted by molar-refractivity contribution is 7.92. The number of ether oxygens (including phenoxy) is 1. The van der Waals surface area contributed by atoms with E-state index in [1.807, 2.05) is 24.3 Å². The monoisotopic (exact) mass is 438 g/mol. The third-order valence-corrected chi connectivity index (χ3v) is 6.61. The van der Waals surface area contributed by atoms with Gasteiger partial charge in [-0.1, -0.05) is 56.3 Å². The van der Waals surface area contributed by atoms with Crippen molar-refractivity contribution in [1.82, 2.24) is 0 Å². The maximum absolute atomic E-state index is 13.4. The van der Waals surface area contributed by atoms with Gasteiger partial charge in [0.1, 0.15) is 12.3 Å². The van der Waals surface area contributed by atoms with Crippen LogP contribution >= 0.6 is 0 Å². The maximum atomic E-state index is 13.4. The highest BCUT2D eigenvalue weighted by atomic mass is 32.2. The molecule has 0 heterocycles. The molecule has 0 aliphatic heterocycles. The van der Waals surface area contributed by atoms with E-state index in [1.54, 1.807) is 42.5 Å². The minimum absolute atomic E-state index is 0.0926. The molecule has 1 amide bonds. The topological polar surface area (TPSA) is 75.7 Å². The maximum Gasteiger partial charge on any atom is 0.264 e. The Balaban J connectivity index is 1.92. The van der Waals surface area contributed by atoms with Crippen LogP contribution < -0.4 is 14.4 Å². The SMILES string of the molecule is COc1ccccc1N(CC(=O)Nc1ccc(C(C)C)cc1)S(=O)(=O)c1ccccc1. The van der Waals surface area contributed by atoms with Gasteiger partial charge in [0.05, 0.1) is 17.7 Å². The van der Waals surface area contributed by atoms with Crippen LogP contribution in [0.1, 0.15) is 25.3 Å². The fraction of sp³-hybridized carbons (Fsp3) is 0.208. The first-order chi connectivity index (χ1) is 14.8. The van der Waals surface area contributed by atoms with Crippen LogP contribution in [0.5, 0.6) is 5.75 Å². The Morgan fingerprint density at radius 2 is 1.55 bits per heavy atom. The van der Waals surface area contributed by atoms with Crippen molar-refractivity contribution in [1.29, 1.82) is 0 Å². The molecule has 1 N–H and O–H groups in total. The van der Waals surface area contributed by atoms with Crippen molar-refractivity contribution in [2.24, 2.45) is 0 Å². The molecular formula is C24H26N2O4S. The molecular weight excluding hydrogens is 412 g/mol. The normalized spacial score (nSPS) is 11.2. The van der Waals surface area contributed by atoms with E-state index >= 15 is 0 Å². The van der Waals surface area contributed by atoms with Crippen molar-refractivity contribution >= 4 is 27.3 Å². The third-order valence-electron chi connectivity index (χ3n) is 4.83. The summed E-state index contributed by atoms with van der Waals surface area (Å²) in [6.07, 6.45) is 0. The summed E-state index contributed by atoms with van der Waals surface area (Å²) in [7, 11) is -2.54. The summed E-state index contributed by atoms with van der Waals surface area (Å²) in [6.45, 7) is 3.78. The molecule has 0 atom stereocenters. The molecule has 0 unspecified atom stereocenters. The van der Waals surface area contributed by atoms with Gasteiger partial charge in [0, 0.05) is 5.69 Å². The average molecular weight is 439 g/mol. The van der Waals surface area contributed by atoms with Crippen LogP contribution in [-0.4, -0.2) is 28.0 Å². The zero-order valence-electron chi connectivity index (χ0n) is 17.8. The van der Waals surface area contributed by atoms with E-state index in [4.69, 9.17) is 4.74 Å². The molecule has 6 nitrogen and oxygen atoms in total. The second-order valence-electron chi connectivity index (χ2n) is 7.32. The van der Waals surface area contributed by atoms with Crippen LogP contribution in [0.3, 0.4) is 0 Å². The van der Waals surface area contributed by atoms with Gasteiger partial charge in [0.2, 0.25) is 5.91 Å². The minimum Gasteiger partial charge on any atom is -0.495 e. The van der Waals surface area contributed by atoms with Gasteiger partial charge in [-0.15, -0.1) is 0 Å².